The third-order valence-electron chi connectivity index (χ3n) is 4.55. The summed E-state index contributed by atoms with van der Waals surface area (Å²) >= 11 is 0. The molecule has 1 atom stereocenters. The third kappa shape index (κ3) is 3.27. The molecule has 1 N–H and O–H groups in total. The van der Waals surface area contributed by atoms with Gasteiger partial charge in [0.2, 0.25) is 0 Å². The van der Waals surface area contributed by atoms with E-state index in [0.29, 0.717) is 12.1 Å². The van der Waals surface area contributed by atoms with Crippen LogP contribution in [0, 0.1) is 6.92 Å². The van der Waals surface area contributed by atoms with E-state index in [2.05, 4.69) is 0 Å². The van der Waals surface area contributed by atoms with Crippen LogP contribution in [-0.4, -0.2) is 47.2 Å². The Hall–Kier alpha value is -1.44. The monoisotopic (exact) mass is 340 g/mol. The van der Waals surface area contributed by atoms with Crippen LogP contribution in [0.15, 0.2) is 24.3 Å². The molecule has 1 aromatic rings. The van der Waals surface area contributed by atoms with Gasteiger partial charge in [0.1, 0.15) is 6.04 Å². The molecule has 1 fully saturated rings. The van der Waals surface area contributed by atoms with E-state index in [0.717, 1.165) is 22.7 Å². The number of likely N-dealkylation sites (N-methyl/N-ethyl adjacent to an activating group) is 1. The number of benzene rings is 1. The van der Waals surface area contributed by atoms with Crippen LogP contribution in [0.1, 0.15) is 43.9 Å². The standard InChI is InChI=1S/C16H24N2O4S/c1-12-8-5-6-9-13(12)14(15(19)20)17(4)23(21,22)18-11-7-10-16(18,2)3/h5-6,8-9,14H,7,10-11H2,1-4H3,(H,19,20). The zero-order valence-corrected chi connectivity index (χ0v) is 14.8. The fourth-order valence-corrected chi connectivity index (χ4v) is 5.03. The van der Waals surface area contributed by atoms with Gasteiger partial charge in [0.25, 0.3) is 10.2 Å². The number of nitrogens with zero attached hydrogens (tertiary/aromatic N) is 2. The summed E-state index contributed by atoms with van der Waals surface area (Å²) in [6.45, 7) is 5.94. The molecule has 1 saturated heterocycles. The van der Waals surface area contributed by atoms with E-state index in [1.807, 2.05) is 13.8 Å². The largest absolute Gasteiger partial charge is 0.480 e. The maximum atomic E-state index is 13.0. The Morgan fingerprint density at radius 3 is 2.43 bits per heavy atom. The van der Waals surface area contributed by atoms with Crippen molar-refractivity contribution in [1.82, 2.24) is 8.61 Å². The summed E-state index contributed by atoms with van der Waals surface area (Å²) in [5.41, 5.74) is 0.743. The quantitative estimate of drug-likeness (QED) is 0.891. The van der Waals surface area contributed by atoms with E-state index in [-0.39, 0.29) is 0 Å². The summed E-state index contributed by atoms with van der Waals surface area (Å²) < 4.78 is 28.3. The average Bonchev–Trinajstić information content (AvgIpc) is 2.81. The van der Waals surface area contributed by atoms with Crippen molar-refractivity contribution < 1.29 is 18.3 Å². The highest BCUT2D eigenvalue weighted by Crippen LogP contribution is 2.35. The van der Waals surface area contributed by atoms with Crippen molar-refractivity contribution in [2.24, 2.45) is 0 Å². The molecule has 2 rings (SSSR count). The normalized spacial score (nSPS) is 19.9. The van der Waals surface area contributed by atoms with Gasteiger partial charge in [-0.05, 0) is 44.7 Å². The van der Waals surface area contributed by atoms with Crippen LogP contribution >= 0.6 is 0 Å². The lowest BCUT2D eigenvalue weighted by atomic mass is 10.0. The van der Waals surface area contributed by atoms with Gasteiger partial charge >= 0.3 is 5.97 Å². The Bertz CT molecular complexity index is 700. The van der Waals surface area contributed by atoms with Crippen molar-refractivity contribution in [3.63, 3.8) is 0 Å². The van der Waals surface area contributed by atoms with Gasteiger partial charge in [0.15, 0.2) is 0 Å². The molecule has 0 amide bonds. The first-order chi connectivity index (χ1) is 10.6. The molecule has 23 heavy (non-hydrogen) atoms. The van der Waals surface area contributed by atoms with Crippen LogP contribution in [0.25, 0.3) is 0 Å². The van der Waals surface area contributed by atoms with Gasteiger partial charge in [-0.3, -0.25) is 4.79 Å². The molecule has 1 unspecified atom stereocenters. The number of carboxylic acids is 1. The van der Waals surface area contributed by atoms with Crippen molar-refractivity contribution in [2.45, 2.75) is 45.2 Å². The highest BCUT2D eigenvalue weighted by atomic mass is 32.2. The summed E-state index contributed by atoms with van der Waals surface area (Å²) in [5.74, 6) is -1.18. The van der Waals surface area contributed by atoms with Crippen molar-refractivity contribution in [2.75, 3.05) is 13.6 Å². The molecule has 0 aliphatic carbocycles. The number of aliphatic carboxylic acids is 1. The number of hydrogen-bond donors (Lipinski definition) is 1. The van der Waals surface area contributed by atoms with Crippen LogP contribution in [-0.2, 0) is 15.0 Å². The van der Waals surface area contributed by atoms with Crippen LogP contribution in [0.3, 0.4) is 0 Å². The summed E-state index contributed by atoms with van der Waals surface area (Å²) in [6, 6.07) is 5.73. The number of carbonyl (C=O) groups is 1. The van der Waals surface area contributed by atoms with Gasteiger partial charge in [-0.1, -0.05) is 24.3 Å². The fraction of sp³-hybridized carbons (Fsp3) is 0.562. The Morgan fingerprint density at radius 2 is 1.96 bits per heavy atom. The SMILES string of the molecule is Cc1ccccc1C(C(=O)O)N(C)S(=O)(=O)N1CCCC1(C)C. The van der Waals surface area contributed by atoms with E-state index in [9.17, 15) is 18.3 Å². The topological polar surface area (TPSA) is 77.9 Å². The third-order valence-corrected chi connectivity index (χ3v) is 6.72. The zero-order valence-electron chi connectivity index (χ0n) is 14.0. The van der Waals surface area contributed by atoms with Gasteiger partial charge in [-0.15, -0.1) is 0 Å². The molecule has 1 heterocycles. The Morgan fingerprint density at radius 1 is 1.35 bits per heavy atom. The molecule has 1 aliphatic heterocycles. The highest BCUT2D eigenvalue weighted by Gasteiger charge is 2.45. The van der Waals surface area contributed by atoms with Crippen molar-refractivity contribution >= 4 is 16.2 Å². The Balaban J connectivity index is 2.45. The highest BCUT2D eigenvalue weighted by molar-refractivity contribution is 7.86. The number of aryl methyl sites for hydroxylation is 1. The number of rotatable bonds is 5. The maximum absolute atomic E-state index is 13.0. The van der Waals surface area contributed by atoms with Crippen LogP contribution in [0.2, 0.25) is 0 Å². The molecular formula is C16H24N2O4S. The molecule has 1 aliphatic rings. The molecule has 1 aromatic carbocycles. The summed E-state index contributed by atoms with van der Waals surface area (Å²) in [4.78, 5) is 11.8. The van der Waals surface area contributed by atoms with E-state index in [1.54, 1.807) is 31.2 Å². The van der Waals surface area contributed by atoms with E-state index < -0.39 is 27.8 Å². The van der Waals surface area contributed by atoms with Crippen molar-refractivity contribution in [1.29, 1.82) is 0 Å². The average molecular weight is 340 g/mol. The minimum atomic E-state index is -3.87. The first kappa shape index (κ1) is 17.9. The first-order valence-electron chi connectivity index (χ1n) is 7.63. The molecule has 0 radical (unpaired) electrons. The first-order valence-corrected chi connectivity index (χ1v) is 9.03. The number of carboxylic acid groups (broad SMARTS) is 1. The molecule has 0 aromatic heterocycles. The predicted octanol–water partition coefficient (Wildman–Crippen LogP) is 2.17. The summed E-state index contributed by atoms with van der Waals surface area (Å²) in [7, 11) is -2.53. The van der Waals surface area contributed by atoms with E-state index in [1.165, 1.54) is 11.4 Å². The van der Waals surface area contributed by atoms with Gasteiger partial charge in [0, 0.05) is 19.1 Å². The molecule has 7 heteroatoms. The lowest BCUT2D eigenvalue weighted by Crippen LogP contribution is -2.51. The van der Waals surface area contributed by atoms with Gasteiger partial charge in [-0.2, -0.15) is 17.0 Å². The predicted molar refractivity (Wildman–Crippen MR) is 88.3 cm³/mol. The maximum Gasteiger partial charge on any atom is 0.326 e. The smallest absolute Gasteiger partial charge is 0.326 e. The van der Waals surface area contributed by atoms with Gasteiger partial charge in [0.05, 0.1) is 0 Å². The van der Waals surface area contributed by atoms with E-state index in [4.69, 9.17) is 0 Å². The second-order valence-electron chi connectivity index (χ2n) is 6.61. The Labute approximate surface area is 137 Å². The fourth-order valence-electron chi connectivity index (χ4n) is 3.18. The zero-order chi connectivity index (χ0) is 17.4. The Kier molecular flexibility index (Phi) is 4.84. The molecule has 0 spiro atoms. The second kappa shape index (κ2) is 6.22. The summed E-state index contributed by atoms with van der Waals surface area (Å²) in [5, 5.41) is 9.63. The minimum absolute atomic E-state index is 0.416. The number of hydrogen-bond acceptors (Lipinski definition) is 3. The van der Waals surface area contributed by atoms with Crippen molar-refractivity contribution in [3.8, 4) is 0 Å². The van der Waals surface area contributed by atoms with Crippen molar-refractivity contribution in [3.05, 3.63) is 35.4 Å². The van der Waals surface area contributed by atoms with E-state index >= 15 is 0 Å². The molecule has 0 saturated carbocycles. The van der Waals surface area contributed by atoms with Crippen LogP contribution in [0.5, 0.6) is 0 Å². The molecule has 6 nitrogen and oxygen atoms in total. The van der Waals surface area contributed by atoms with Crippen LogP contribution < -0.4 is 0 Å². The lowest BCUT2D eigenvalue weighted by Gasteiger charge is -2.36. The molecule has 128 valence electrons. The van der Waals surface area contributed by atoms with Gasteiger partial charge < -0.3 is 5.11 Å². The summed E-state index contributed by atoms with van der Waals surface area (Å²) in [6.07, 6.45) is 1.55. The van der Waals surface area contributed by atoms with Crippen LogP contribution in [0.4, 0.5) is 0 Å². The lowest BCUT2D eigenvalue weighted by molar-refractivity contribution is -0.141. The second-order valence-corrected chi connectivity index (χ2v) is 8.52. The molecular weight excluding hydrogens is 316 g/mol. The van der Waals surface area contributed by atoms with Gasteiger partial charge in [-0.25, -0.2) is 0 Å². The molecule has 0 bridgehead atoms. The minimum Gasteiger partial charge on any atom is -0.480 e.